The van der Waals surface area contributed by atoms with Gasteiger partial charge in [-0.3, -0.25) is 19.6 Å². The standard InChI is InChI=1S/C34H39ClN6O/c1-25-21-39(24-37-25)17-8-18-41(22-26-9-4-3-5-10-26)34(42)30-23-40(20-19-38(30)2)33-31-27(11-6-13-29(31)35)14-15-28-12-7-16-36-32(28)33/h3-7,9-13,16,21,24,30,33H,8,14-15,17-20,22-23H2,1-2H3/t30-,33?/m1/s1. The summed E-state index contributed by atoms with van der Waals surface area (Å²) in [5.41, 5.74) is 6.89. The molecule has 0 radical (unpaired) electrons. The van der Waals surface area contributed by atoms with Gasteiger partial charge in [-0.15, -0.1) is 0 Å². The number of amides is 1. The molecule has 0 spiro atoms. The molecule has 2 atom stereocenters. The lowest BCUT2D eigenvalue weighted by Crippen LogP contribution is -2.59. The molecule has 42 heavy (non-hydrogen) atoms. The third-order valence-corrected chi connectivity index (χ3v) is 9.06. The lowest BCUT2D eigenvalue weighted by Gasteiger charge is -2.44. The number of aryl methyl sites for hydroxylation is 4. The number of hydrogen-bond donors (Lipinski definition) is 0. The van der Waals surface area contributed by atoms with Crippen LogP contribution in [0.1, 0.15) is 46.1 Å². The molecule has 4 aromatic rings. The number of carbonyl (C=O) groups excluding carboxylic acids is 1. The molecule has 1 saturated heterocycles. The highest BCUT2D eigenvalue weighted by Gasteiger charge is 2.39. The van der Waals surface area contributed by atoms with Crippen molar-refractivity contribution in [3.8, 4) is 0 Å². The van der Waals surface area contributed by atoms with Crippen LogP contribution in [0.15, 0.2) is 79.4 Å². The second kappa shape index (κ2) is 12.8. The summed E-state index contributed by atoms with van der Waals surface area (Å²) in [7, 11) is 2.08. The maximum atomic E-state index is 14.4. The number of benzene rings is 2. The molecule has 2 aliphatic rings. The smallest absolute Gasteiger partial charge is 0.241 e. The summed E-state index contributed by atoms with van der Waals surface area (Å²) in [6.07, 6.45) is 8.53. The summed E-state index contributed by atoms with van der Waals surface area (Å²) >= 11 is 6.93. The van der Waals surface area contributed by atoms with Crippen LogP contribution in [0.3, 0.4) is 0 Å². The van der Waals surface area contributed by atoms with E-state index >= 15 is 0 Å². The van der Waals surface area contributed by atoms with Crippen LogP contribution in [-0.2, 0) is 30.7 Å². The predicted octanol–water partition coefficient (Wildman–Crippen LogP) is 5.16. The monoisotopic (exact) mass is 582 g/mol. The van der Waals surface area contributed by atoms with Gasteiger partial charge in [-0.2, -0.15) is 0 Å². The van der Waals surface area contributed by atoms with Crippen molar-refractivity contribution >= 4 is 17.5 Å². The van der Waals surface area contributed by atoms with Crippen LogP contribution in [0, 0.1) is 6.92 Å². The van der Waals surface area contributed by atoms with Gasteiger partial charge in [-0.1, -0.05) is 60.1 Å². The van der Waals surface area contributed by atoms with Gasteiger partial charge in [0.1, 0.15) is 6.04 Å². The molecule has 8 heteroatoms. The summed E-state index contributed by atoms with van der Waals surface area (Å²) < 4.78 is 2.10. The molecular weight excluding hydrogens is 544 g/mol. The molecule has 1 unspecified atom stereocenters. The van der Waals surface area contributed by atoms with Gasteiger partial charge in [0.05, 0.1) is 23.8 Å². The normalized spacial score (nSPS) is 19.1. The number of rotatable bonds is 8. The average Bonchev–Trinajstić information content (AvgIpc) is 3.34. The first-order chi connectivity index (χ1) is 20.5. The van der Waals surface area contributed by atoms with Crippen LogP contribution in [0.25, 0.3) is 0 Å². The molecule has 0 bridgehead atoms. The Labute approximate surface area is 253 Å². The molecule has 2 aromatic heterocycles. The van der Waals surface area contributed by atoms with Gasteiger partial charge < -0.3 is 9.47 Å². The van der Waals surface area contributed by atoms with Crippen molar-refractivity contribution in [1.82, 2.24) is 29.2 Å². The topological polar surface area (TPSA) is 57.5 Å². The largest absolute Gasteiger partial charge is 0.337 e. The second-order valence-electron chi connectivity index (χ2n) is 11.6. The van der Waals surface area contributed by atoms with E-state index in [4.69, 9.17) is 16.6 Å². The maximum absolute atomic E-state index is 14.4. The van der Waals surface area contributed by atoms with Crippen molar-refractivity contribution in [1.29, 1.82) is 0 Å². The van der Waals surface area contributed by atoms with E-state index in [1.54, 1.807) is 0 Å². The van der Waals surface area contributed by atoms with E-state index in [-0.39, 0.29) is 18.0 Å². The lowest BCUT2D eigenvalue weighted by atomic mass is 9.95. The maximum Gasteiger partial charge on any atom is 0.241 e. The van der Waals surface area contributed by atoms with Gasteiger partial charge in [0.15, 0.2) is 0 Å². The molecule has 1 fully saturated rings. The fourth-order valence-corrected chi connectivity index (χ4v) is 6.79. The number of nitrogens with zero attached hydrogens (tertiary/aromatic N) is 6. The Balaban J connectivity index is 1.27. The molecular formula is C34H39ClN6O. The van der Waals surface area contributed by atoms with E-state index in [1.165, 1.54) is 11.1 Å². The average molecular weight is 583 g/mol. The van der Waals surface area contributed by atoms with E-state index < -0.39 is 0 Å². The minimum absolute atomic E-state index is 0.0801. The van der Waals surface area contributed by atoms with E-state index in [0.29, 0.717) is 19.6 Å². The number of imidazole rings is 1. The zero-order valence-electron chi connectivity index (χ0n) is 24.5. The quantitative estimate of drug-likeness (QED) is 0.287. The first-order valence-corrected chi connectivity index (χ1v) is 15.3. The first-order valence-electron chi connectivity index (χ1n) is 14.9. The third-order valence-electron chi connectivity index (χ3n) is 8.73. The Bertz CT molecular complexity index is 1520. The molecule has 0 saturated carbocycles. The molecule has 1 aliphatic carbocycles. The zero-order valence-corrected chi connectivity index (χ0v) is 25.2. The van der Waals surface area contributed by atoms with Crippen molar-refractivity contribution < 1.29 is 4.79 Å². The van der Waals surface area contributed by atoms with Crippen molar-refractivity contribution in [3.05, 3.63) is 118 Å². The number of fused-ring (bicyclic) bond motifs is 2. The lowest BCUT2D eigenvalue weighted by molar-refractivity contribution is -0.140. The van der Waals surface area contributed by atoms with E-state index in [9.17, 15) is 4.79 Å². The molecule has 1 aliphatic heterocycles. The summed E-state index contributed by atoms with van der Waals surface area (Å²) in [4.78, 5) is 30.4. The highest BCUT2D eigenvalue weighted by atomic mass is 35.5. The fourth-order valence-electron chi connectivity index (χ4n) is 6.49. The van der Waals surface area contributed by atoms with Gasteiger partial charge in [-0.25, -0.2) is 4.98 Å². The summed E-state index contributed by atoms with van der Waals surface area (Å²) in [6, 6.07) is 20.4. The van der Waals surface area contributed by atoms with Crippen LogP contribution in [0.4, 0.5) is 0 Å². The fraction of sp³-hybridized carbons (Fsp3) is 0.382. The third kappa shape index (κ3) is 6.14. The molecule has 0 N–H and O–H groups in total. The van der Waals surface area contributed by atoms with E-state index in [0.717, 1.165) is 66.4 Å². The Kier molecular flexibility index (Phi) is 8.70. The number of halogens is 1. The van der Waals surface area contributed by atoms with E-state index in [1.807, 2.05) is 60.7 Å². The van der Waals surface area contributed by atoms with Gasteiger partial charge in [0.2, 0.25) is 5.91 Å². The van der Waals surface area contributed by atoms with Crippen LogP contribution >= 0.6 is 11.6 Å². The second-order valence-corrected chi connectivity index (χ2v) is 12.0. The number of aromatic nitrogens is 3. The Morgan fingerprint density at radius 3 is 2.62 bits per heavy atom. The predicted molar refractivity (Wildman–Crippen MR) is 166 cm³/mol. The number of carbonyl (C=O) groups is 1. The van der Waals surface area contributed by atoms with Crippen molar-refractivity contribution in [2.45, 2.75) is 51.4 Å². The Morgan fingerprint density at radius 2 is 1.81 bits per heavy atom. The van der Waals surface area contributed by atoms with Crippen LogP contribution in [0.2, 0.25) is 5.02 Å². The van der Waals surface area contributed by atoms with Crippen LogP contribution in [-0.4, -0.2) is 74.4 Å². The first kappa shape index (κ1) is 28.6. The van der Waals surface area contributed by atoms with Crippen molar-refractivity contribution in [2.24, 2.45) is 0 Å². The molecule has 218 valence electrons. The molecule has 2 aromatic carbocycles. The summed E-state index contributed by atoms with van der Waals surface area (Å²) in [5, 5.41) is 0.776. The SMILES string of the molecule is Cc1cn(CCCN(Cc2ccccc2)C(=O)[C@H]2CN(C3c4ncccc4CCc4cccc(Cl)c43)CCN2C)cn1. The molecule has 7 nitrogen and oxygen atoms in total. The van der Waals surface area contributed by atoms with Gasteiger partial charge >= 0.3 is 0 Å². The van der Waals surface area contributed by atoms with Crippen molar-refractivity contribution in [3.63, 3.8) is 0 Å². The Morgan fingerprint density at radius 1 is 1.00 bits per heavy atom. The minimum atomic E-state index is -0.265. The van der Waals surface area contributed by atoms with Crippen LogP contribution in [0.5, 0.6) is 0 Å². The highest BCUT2D eigenvalue weighted by Crippen LogP contribution is 2.40. The van der Waals surface area contributed by atoms with E-state index in [2.05, 4.69) is 56.9 Å². The number of likely N-dealkylation sites (N-methyl/N-ethyl adjacent to an activating group) is 1. The molecule has 6 rings (SSSR count). The molecule has 1 amide bonds. The molecule has 3 heterocycles. The number of hydrogen-bond acceptors (Lipinski definition) is 5. The van der Waals surface area contributed by atoms with Gasteiger partial charge in [0, 0.05) is 56.7 Å². The Hall–Kier alpha value is -3.52. The summed E-state index contributed by atoms with van der Waals surface area (Å²) in [5.74, 6) is 0.169. The van der Waals surface area contributed by atoms with Crippen LogP contribution < -0.4 is 0 Å². The minimum Gasteiger partial charge on any atom is -0.337 e. The van der Waals surface area contributed by atoms with Crippen molar-refractivity contribution in [2.75, 3.05) is 33.2 Å². The summed E-state index contributed by atoms with van der Waals surface area (Å²) in [6.45, 7) is 6.35. The highest BCUT2D eigenvalue weighted by molar-refractivity contribution is 6.31. The van der Waals surface area contributed by atoms with Gasteiger partial charge in [-0.05, 0) is 67.6 Å². The number of pyridine rings is 1. The van der Waals surface area contributed by atoms with Gasteiger partial charge in [0.25, 0.3) is 0 Å². The zero-order chi connectivity index (χ0) is 29.1. The number of piperazine rings is 1.